The summed E-state index contributed by atoms with van der Waals surface area (Å²) in [6.07, 6.45) is 10.4. The largest absolute Gasteiger partial charge is 0.369 e. The molecule has 0 amide bonds. The molecule has 6 rings (SSSR count). The first-order valence-corrected chi connectivity index (χ1v) is 9.32. The first-order chi connectivity index (χ1) is 13.2. The van der Waals surface area contributed by atoms with Gasteiger partial charge in [0.05, 0.1) is 11.9 Å². The van der Waals surface area contributed by atoms with Crippen molar-refractivity contribution < 1.29 is 0 Å². The molecule has 6 heteroatoms. The number of rotatable bonds is 3. The highest BCUT2D eigenvalue weighted by atomic mass is 15.3. The highest BCUT2D eigenvalue weighted by Gasteiger charge is 2.49. The van der Waals surface area contributed by atoms with Crippen LogP contribution in [0.25, 0.3) is 22.0 Å². The van der Waals surface area contributed by atoms with E-state index < -0.39 is 0 Å². The quantitative estimate of drug-likeness (QED) is 0.515. The van der Waals surface area contributed by atoms with Gasteiger partial charge in [-0.3, -0.25) is 4.68 Å². The topological polar surface area (TPSA) is 70.6 Å². The van der Waals surface area contributed by atoms with Gasteiger partial charge in [0.15, 0.2) is 0 Å². The van der Waals surface area contributed by atoms with Crippen molar-refractivity contribution >= 4 is 28.1 Å². The SMILES string of the molecule is Cn1cc(Nc2ccc3c(-c4cnc5c(c4)C4(CC4)CN5)c[nH]c3c2)cn1. The Bertz CT molecular complexity index is 1180. The predicted molar refractivity (Wildman–Crippen MR) is 107 cm³/mol. The van der Waals surface area contributed by atoms with E-state index in [4.69, 9.17) is 0 Å². The third kappa shape index (κ3) is 2.26. The standard InChI is InChI=1S/C21H20N6/c1-27-11-15(9-25-27)26-14-2-3-16-17(10-22-19(16)7-14)13-6-18-20(23-8-13)24-12-21(18)4-5-21/h2-3,6-11,22,26H,4-5,12H2,1H3,(H,23,24). The van der Waals surface area contributed by atoms with Crippen molar-refractivity contribution in [2.24, 2.45) is 7.05 Å². The van der Waals surface area contributed by atoms with E-state index in [2.05, 4.69) is 56.2 Å². The molecule has 1 spiro atoms. The van der Waals surface area contributed by atoms with Crippen LogP contribution in [0.2, 0.25) is 0 Å². The normalized spacial score (nSPS) is 16.5. The lowest BCUT2D eigenvalue weighted by Crippen LogP contribution is -2.08. The molecule has 27 heavy (non-hydrogen) atoms. The summed E-state index contributed by atoms with van der Waals surface area (Å²) >= 11 is 0. The molecule has 3 N–H and O–H groups in total. The van der Waals surface area contributed by atoms with Crippen LogP contribution in [-0.4, -0.2) is 26.3 Å². The number of aromatic amines is 1. The third-order valence-corrected chi connectivity index (χ3v) is 5.89. The molecule has 4 aromatic rings. The van der Waals surface area contributed by atoms with Crippen LogP contribution in [0.3, 0.4) is 0 Å². The summed E-state index contributed by atoms with van der Waals surface area (Å²) in [5, 5.41) is 12.3. The summed E-state index contributed by atoms with van der Waals surface area (Å²) in [4.78, 5) is 8.10. The Morgan fingerprint density at radius 2 is 2.07 bits per heavy atom. The number of hydrogen-bond acceptors (Lipinski definition) is 4. The van der Waals surface area contributed by atoms with E-state index in [1.54, 1.807) is 4.68 Å². The van der Waals surface area contributed by atoms with Crippen molar-refractivity contribution in [3.05, 3.63) is 54.6 Å². The van der Waals surface area contributed by atoms with Crippen molar-refractivity contribution in [1.82, 2.24) is 19.7 Å². The second-order valence-corrected chi connectivity index (χ2v) is 7.74. The lowest BCUT2D eigenvalue weighted by Gasteiger charge is -2.08. The molecule has 1 fully saturated rings. The molecular weight excluding hydrogens is 336 g/mol. The maximum atomic E-state index is 4.69. The van der Waals surface area contributed by atoms with Crippen LogP contribution in [0, 0.1) is 0 Å². The van der Waals surface area contributed by atoms with E-state index in [-0.39, 0.29) is 0 Å². The monoisotopic (exact) mass is 356 g/mol. The van der Waals surface area contributed by atoms with Gasteiger partial charge in [-0.05, 0) is 31.0 Å². The number of pyridine rings is 1. The van der Waals surface area contributed by atoms with Gasteiger partial charge >= 0.3 is 0 Å². The lowest BCUT2D eigenvalue weighted by molar-refractivity contribution is 0.768. The van der Waals surface area contributed by atoms with Crippen LogP contribution >= 0.6 is 0 Å². The van der Waals surface area contributed by atoms with Gasteiger partial charge in [-0.2, -0.15) is 5.10 Å². The van der Waals surface area contributed by atoms with Crippen molar-refractivity contribution in [1.29, 1.82) is 0 Å². The lowest BCUT2D eigenvalue weighted by atomic mass is 9.96. The van der Waals surface area contributed by atoms with E-state index in [0.717, 1.165) is 29.3 Å². The van der Waals surface area contributed by atoms with Crippen LogP contribution in [0.15, 0.2) is 49.1 Å². The van der Waals surface area contributed by atoms with E-state index in [1.165, 1.54) is 34.9 Å². The number of aryl methyl sites for hydroxylation is 1. The Kier molecular flexibility index (Phi) is 2.82. The highest BCUT2D eigenvalue weighted by molar-refractivity contribution is 5.97. The van der Waals surface area contributed by atoms with Crippen LogP contribution in [0.4, 0.5) is 17.2 Å². The molecule has 0 unspecified atom stereocenters. The highest BCUT2D eigenvalue weighted by Crippen LogP contribution is 2.54. The van der Waals surface area contributed by atoms with Crippen molar-refractivity contribution in [2.75, 3.05) is 17.2 Å². The van der Waals surface area contributed by atoms with Crippen LogP contribution in [-0.2, 0) is 12.5 Å². The van der Waals surface area contributed by atoms with Gasteiger partial charge in [0.2, 0.25) is 0 Å². The third-order valence-electron chi connectivity index (χ3n) is 5.89. The zero-order valence-electron chi connectivity index (χ0n) is 15.1. The number of hydrogen-bond donors (Lipinski definition) is 3. The average Bonchev–Trinajstić information content (AvgIpc) is 2.97. The molecule has 1 aliphatic carbocycles. The molecule has 0 bridgehead atoms. The molecular formula is C21H20N6. The fourth-order valence-corrected chi connectivity index (χ4v) is 4.20. The number of aromatic nitrogens is 4. The van der Waals surface area contributed by atoms with Crippen LogP contribution in [0.5, 0.6) is 0 Å². The van der Waals surface area contributed by atoms with E-state index >= 15 is 0 Å². The first kappa shape index (κ1) is 14.8. The zero-order chi connectivity index (χ0) is 18.0. The Morgan fingerprint density at radius 1 is 1.15 bits per heavy atom. The second-order valence-electron chi connectivity index (χ2n) is 7.74. The maximum absolute atomic E-state index is 4.69. The van der Waals surface area contributed by atoms with E-state index in [0.29, 0.717) is 5.41 Å². The Morgan fingerprint density at radius 3 is 2.89 bits per heavy atom. The smallest absolute Gasteiger partial charge is 0.129 e. The van der Waals surface area contributed by atoms with Crippen LogP contribution in [0.1, 0.15) is 18.4 Å². The molecule has 6 nitrogen and oxygen atoms in total. The van der Waals surface area contributed by atoms with Crippen molar-refractivity contribution in [3.63, 3.8) is 0 Å². The zero-order valence-corrected chi connectivity index (χ0v) is 15.1. The molecule has 0 atom stereocenters. The summed E-state index contributed by atoms with van der Waals surface area (Å²) in [6.45, 7) is 1.04. The molecule has 0 saturated heterocycles. The average molecular weight is 356 g/mol. The minimum absolute atomic E-state index is 0.352. The Balaban J connectivity index is 1.38. The molecule has 1 aliphatic heterocycles. The fourth-order valence-electron chi connectivity index (χ4n) is 4.20. The van der Waals surface area contributed by atoms with Gasteiger partial charge in [0.1, 0.15) is 5.82 Å². The minimum Gasteiger partial charge on any atom is -0.369 e. The predicted octanol–water partition coefficient (Wildman–Crippen LogP) is 4.16. The number of H-pyrrole nitrogens is 1. The summed E-state index contributed by atoms with van der Waals surface area (Å²) in [6, 6.07) is 8.74. The number of anilines is 3. The van der Waals surface area contributed by atoms with Crippen molar-refractivity contribution in [2.45, 2.75) is 18.3 Å². The minimum atomic E-state index is 0.352. The molecule has 2 aliphatic rings. The summed E-state index contributed by atoms with van der Waals surface area (Å²) < 4.78 is 1.79. The Hall–Kier alpha value is -3.28. The van der Waals surface area contributed by atoms with Gasteiger partial charge in [0.25, 0.3) is 0 Å². The van der Waals surface area contributed by atoms with Crippen LogP contribution < -0.4 is 10.6 Å². The number of nitrogens with one attached hydrogen (secondary N) is 3. The summed E-state index contributed by atoms with van der Waals surface area (Å²) in [5.41, 5.74) is 7.26. The van der Waals surface area contributed by atoms with Gasteiger partial charge in [0, 0.05) is 70.9 Å². The van der Waals surface area contributed by atoms with Crippen molar-refractivity contribution in [3.8, 4) is 11.1 Å². The molecule has 3 aromatic heterocycles. The first-order valence-electron chi connectivity index (χ1n) is 9.32. The number of fused-ring (bicyclic) bond motifs is 3. The fraction of sp³-hybridized carbons (Fsp3) is 0.238. The molecule has 134 valence electrons. The number of benzene rings is 1. The van der Waals surface area contributed by atoms with Gasteiger partial charge in [-0.25, -0.2) is 4.98 Å². The molecule has 0 radical (unpaired) electrons. The summed E-state index contributed by atoms with van der Waals surface area (Å²) in [7, 11) is 1.91. The molecule has 1 aromatic carbocycles. The van der Waals surface area contributed by atoms with Gasteiger partial charge < -0.3 is 15.6 Å². The van der Waals surface area contributed by atoms with Gasteiger partial charge in [-0.1, -0.05) is 6.07 Å². The number of nitrogens with zero attached hydrogens (tertiary/aromatic N) is 3. The molecule has 1 saturated carbocycles. The molecule has 4 heterocycles. The van der Waals surface area contributed by atoms with Gasteiger partial charge in [-0.15, -0.1) is 0 Å². The second kappa shape index (κ2) is 5.13. The van der Waals surface area contributed by atoms with E-state index in [1.807, 2.05) is 25.6 Å². The summed E-state index contributed by atoms with van der Waals surface area (Å²) in [5.74, 6) is 1.07. The van der Waals surface area contributed by atoms with E-state index in [9.17, 15) is 0 Å². The maximum Gasteiger partial charge on any atom is 0.129 e. The Labute approximate surface area is 156 Å².